The fourth-order valence-corrected chi connectivity index (χ4v) is 4.13. The molecule has 0 radical (unpaired) electrons. The highest BCUT2D eigenvalue weighted by molar-refractivity contribution is 4.64. The Morgan fingerprint density at radius 2 is 1.12 bits per heavy atom. The first-order valence-electron chi connectivity index (χ1n) is 12.7. The Hall–Kier alpha value is -0.360. The Morgan fingerprint density at radius 3 is 1.64 bits per heavy atom. The molecule has 9 heteroatoms. The van der Waals surface area contributed by atoms with Crippen LogP contribution in [0.4, 0.5) is 0 Å². The summed E-state index contributed by atoms with van der Waals surface area (Å²) in [5.74, 6) is 0. The van der Waals surface area contributed by atoms with Crippen LogP contribution in [0.25, 0.3) is 0 Å². The third-order valence-electron chi connectivity index (χ3n) is 5.90. The summed E-state index contributed by atoms with van der Waals surface area (Å²) in [6.07, 6.45) is 8.53. The van der Waals surface area contributed by atoms with Gasteiger partial charge in [0.05, 0.1) is 39.6 Å². The van der Waals surface area contributed by atoms with Gasteiger partial charge in [0.25, 0.3) is 0 Å². The first-order chi connectivity index (χ1) is 16.3. The Kier molecular flexibility index (Phi) is 14.1. The average molecular weight is 477 g/mol. The molecule has 0 amide bonds. The van der Waals surface area contributed by atoms with Crippen LogP contribution in [0, 0.1) is 0 Å². The maximum atomic E-state index is 6.15. The van der Waals surface area contributed by atoms with Gasteiger partial charge in [-0.25, -0.2) is 0 Å². The third-order valence-corrected chi connectivity index (χ3v) is 5.90. The Morgan fingerprint density at radius 1 is 0.606 bits per heavy atom. The molecule has 33 heavy (non-hydrogen) atoms. The molecule has 0 aliphatic carbocycles. The van der Waals surface area contributed by atoms with Crippen LogP contribution >= 0.6 is 0 Å². The van der Waals surface area contributed by atoms with Gasteiger partial charge in [-0.2, -0.15) is 0 Å². The van der Waals surface area contributed by atoms with E-state index >= 15 is 0 Å². The van der Waals surface area contributed by atoms with Gasteiger partial charge in [0.1, 0.15) is 12.2 Å². The zero-order valence-electron chi connectivity index (χ0n) is 20.3. The van der Waals surface area contributed by atoms with Crippen LogP contribution in [-0.4, -0.2) is 97.6 Å². The molecule has 3 rings (SSSR count). The molecule has 0 aromatic carbocycles. The molecule has 3 fully saturated rings. The Labute approximate surface area is 198 Å². The van der Waals surface area contributed by atoms with E-state index < -0.39 is 0 Å². The van der Waals surface area contributed by atoms with Gasteiger partial charge in [0, 0.05) is 26.9 Å². The highest BCUT2D eigenvalue weighted by atomic mass is 16.7. The topological polar surface area (TPSA) is 83.1 Å². The van der Waals surface area contributed by atoms with Gasteiger partial charge in [-0.15, -0.1) is 0 Å². The summed E-state index contributed by atoms with van der Waals surface area (Å²) >= 11 is 0. The van der Waals surface area contributed by atoms with E-state index in [2.05, 4.69) is 0 Å². The minimum Gasteiger partial charge on any atom is -0.382 e. The fourth-order valence-electron chi connectivity index (χ4n) is 4.13. The molecule has 5 atom stereocenters. The van der Waals surface area contributed by atoms with E-state index in [4.69, 9.17) is 42.6 Å². The van der Waals surface area contributed by atoms with Crippen molar-refractivity contribution in [1.82, 2.24) is 0 Å². The van der Waals surface area contributed by atoms with Gasteiger partial charge in [-0.1, -0.05) is 0 Å². The highest BCUT2D eigenvalue weighted by Crippen LogP contribution is 2.18. The van der Waals surface area contributed by atoms with Crippen LogP contribution in [0.3, 0.4) is 0 Å². The van der Waals surface area contributed by atoms with Crippen molar-refractivity contribution in [3.63, 3.8) is 0 Å². The molecule has 3 aliphatic rings. The molecule has 3 aliphatic heterocycles. The lowest BCUT2D eigenvalue weighted by Gasteiger charge is -2.29. The molecular weight excluding hydrogens is 432 g/mol. The predicted octanol–water partition coefficient (Wildman–Crippen LogP) is 3.03. The summed E-state index contributed by atoms with van der Waals surface area (Å²) in [7, 11) is 1.67. The normalized spacial score (nSPS) is 28.5. The minimum absolute atomic E-state index is 0.0979. The van der Waals surface area contributed by atoms with Gasteiger partial charge in [-0.3, -0.25) is 0 Å². The van der Waals surface area contributed by atoms with E-state index in [0.29, 0.717) is 39.6 Å². The molecular formula is C24H44O9. The summed E-state index contributed by atoms with van der Waals surface area (Å²) in [5, 5.41) is 0. The first-order valence-corrected chi connectivity index (χ1v) is 12.7. The number of ether oxygens (including phenoxy) is 9. The van der Waals surface area contributed by atoms with E-state index in [0.717, 1.165) is 77.6 Å². The second-order valence-electron chi connectivity index (χ2n) is 8.84. The number of methoxy groups -OCH3 is 1. The monoisotopic (exact) mass is 476 g/mol. The molecule has 0 aromatic rings. The maximum absolute atomic E-state index is 6.15. The molecule has 194 valence electrons. The third kappa shape index (κ3) is 11.7. The van der Waals surface area contributed by atoms with Crippen molar-refractivity contribution in [1.29, 1.82) is 0 Å². The van der Waals surface area contributed by atoms with Crippen molar-refractivity contribution < 1.29 is 42.6 Å². The van der Waals surface area contributed by atoms with E-state index in [1.165, 1.54) is 0 Å². The highest BCUT2D eigenvalue weighted by Gasteiger charge is 2.23. The predicted molar refractivity (Wildman–Crippen MR) is 120 cm³/mol. The average Bonchev–Trinajstić information content (AvgIpc) is 2.86. The summed E-state index contributed by atoms with van der Waals surface area (Å²) in [4.78, 5) is 0. The molecule has 3 saturated heterocycles. The molecule has 0 N–H and O–H groups in total. The van der Waals surface area contributed by atoms with Gasteiger partial charge in [0.2, 0.25) is 0 Å². The second kappa shape index (κ2) is 17.1. The first kappa shape index (κ1) is 27.2. The van der Waals surface area contributed by atoms with Gasteiger partial charge >= 0.3 is 0 Å². The summed E-state index contributed by atoms with van der Waals surface area (Å²) in [6.45, 7) is 4.91. The molecule has 0 spiro atoms. The lowest BCUT2D eigenvalue weighted by Crippen LogP contribution is -2.37. The molecule has 0 aromatic heterocycles. The molecule has 0 bridgehead atoms. The van der Waals surface area contributed by atoms with Crippen molar-refractivity contribution in [2.75, 3.05) is 66.6 Å². The van der Waals surface area contributed by atoms with Crippen LogP contribution in [0.1, 0.15) is 57.8 Å². The van der Waals surface area contributed by atoms with E-state index in [1.54, 1.807) is 7.11 Å². The maximum Gasteiger partial charge on any atom is 0.158 e. The zero-order valence-corrected chi connectivity index (χ0v) is 20.3. The standard InChI is InChI=1S/C24H44O9/c1-25-16-20(32-23-9-3-6-12-29-23)18-27-19-21(33-24-10-4-7-13-30-24)17-26-14-15-31-22-8-2-5-11-28-22/h20-24H,2-19H2,1H3. The van der Waals surface area contributed by atoms with E-state index in [9.17, 15) is 0 Å². The fraction of sp³-hybridized carbons (Fsp3) is 1.00. The summed E-state index contributed by atoms with van der Waals surface area (Å²) in [5.41, 5.74) is 0. The van der Waals surface area contributed by atoms with E-state index in [-0.39, 0.29) is 31.1 Å². The molecule has 9 nitrogen and oxygen atoms in total. The van der Waals surface area contributed by atoms with E-state index in [1.807, 2.05) is 0 Å². The lowest BCUT2D eigenvalue weighted by atomic mass is 10.2. The number of rotatable bonds is 16. The number of hydrogen-bond acceptors (Lipinski definition) is 9. The van der Waals surface area contributed by atoms with Crippen LogP contribution in [0.5, 0.6) is 0 Å². The van der Waals surface area contributed by atoms with Crippen LogP contribution in [-0.2, 0) is 42.6 Å². The largest absolute Gasteiger partial charge is 0.382 e. The van der Waals surface area contributed by atoms with Crippen molar-refractivity contribution >= 4 is 0 Å². The van der Waals surface area contributed by atoms with Crippen molar-refractivity contribution in [2.24, 2.45) is 0 Å². The van der Waals surface area contributed by atoms with Crippen LogP contribution in [0.15, 0.2) is 0 Å². The smallest absolute Gasteiger partial charge is 0.158 e. The molecule has 3 heterocycles. The minimum atomic E-state index is -0.229. The Balaban J connectivity index is 1.35. The van der Waals surface area contributed by atoms with Gasteiger partial charge in [-0.05, 0) is 57.8 Å². The lowest BCUT2D eigenvalue weighted by molar-refractivity contribution is -0.223. The SMILES string of the molecule is COCC(COCC(COCCOC1CCCCO1)OC1CCCCO1)OC1CCCCO1. The summed E-state index contributed by atoms with van der Waals surface area (Å²) in [6, 6.07) is 0. The van der Waals surface area contributed by atoms with Crippen molar-refractivity contribution in [3.05, 3.63) is 0 Å². The Bertz CT molecular complexity index is 463. The van der Waals surface area contributed by atoms with Crippen molar-refractivity contribution in [3.8, 4) is 0 Å². The van der Waals surface area contributed by atoms with Crippen LogP contribution < -0.4 is 0 Å². The molecule has 5 unspecified atom stereocenters. The zero-order chi connectivity index (χ0) is 23.0. The molecule has 0 saturated carbocycles. The van der Waals surface area contributed by atoms with Gasteiger partial charge in [0.15, 0.2) is 18.9 Å². The summed E-state index contributed by atoms with van der Waals surface area (Å²) < 4.78 is 52.1. The quantitative estimate of drug-likeness (QED) is 0.312. The second-order valence-corrected chi connectivity index (χ2v) is 8.84. The van der Waals surface area contributed by atoms with Gasteiger partial charge < -0.3 is 42.6 Å². The number of hydrogen-bond donors (Lipinski definition) is 0. The van der Waals surface area contributed by atoms with Crippen LogP contribution in [0.2, 0.25) is 0 Å². The van der Waals surface area contributed by atoms with Crippen molar-refractivity contribution in [2.45, 2.75) is 88.9 Å².